The highest BCUT2D eigenvalue weighted by molar-refractivity contribution is 5.95. The highest BCUT2D eigenvalue weighted by atomic mass is 16.5. The van der Waals surface area contributed by atoms with Gasteiger partial charge in [-0.2, -0.15) is 4.98 Å². The lowest BCUT2D eigenvalue weighted by atomic mass is 10.0. The number of anilines is 2. The zero-order chi connectivity index (χ0) is 14.8. The summed E-state index contributed by atoms with van der Waals surface area (Å²) in [6.07, 6.45) is 0.789. The van der Waals surface area contributed by atoms with Gasteiger partial charge in [0.1, 0.15) is 11.6 Å². The lowest BCUT2D eigenvalue weighted by molar-refractivity contribution is 0.419. The molecule has 1 heterocycles. The summed E-state index contributed by atoms with van der Waals surface area (Å²) in [6.45, 7) is 0. The van der Waals surface area contributed by atoms with Gasteiger partial charge in [-0.1, -0.05) is 30.3 Å². The third-order valence-corrected chi connectivity index (χ3v) is 3.34. The molecule has 106 valence electrons. The Morgan fingerprint density at radius 1 is 1.00 bits per heavy atom. The molecular weight excluding hydrogens is 264 g/mol. The Kier molecular flexibility index (Phi) is 3.31. The van der Waals surface area contributed by atoms with Crippen molar-refractivity contribution in [2.45, 2.75) is 6.42 Å². The summed E-state index contributed by atoms with van der Waals surface area (Å²) in [5.74, 6) is 1.16. The van der Waals surface area contributed by atoms with E-state index in [1.165, 1.54) is 5.56 Å². The minimum absolute atomic E-state index is 0.166. The highest BCUT2D eigenvalue weighted by Crippen LogP contribution is 2.31. The van der Waals surface area contributed by atoms with Crippen LogP contribution in [-0.2, 0) is 6.42 Å². The second-order valence-corrected chi connectivity index (χ2v) is 4.82. The van der Waals surface area contributed by atoms with Crippen LogP contribution in [0.5, 0.6) is 5.75 Å². The van der Waals surface area contributed by atoms with E-state index in [1.54, 1.807) is 7.11 Å². The molecule has 0 atom stereocenters. The average Bonchev–Trinajstić information content (AvgIpc) is 2.46. The predicted molar refractivity (Wildman–Crippen MR) is 84.2 cm³/mol. The molecule has 1 aromatic heterocycles. The SMILES string of the molecule is COc1cc(Cc2ccccc2)cc2nc(N)nc(N)c12. The zero-order valence-electron chi connectivity index (χ0n) is 11.7. The Hall–Kier alpha value is -2.82. The van der Waals surface area contributed by atoms with Crippen molar-refractivity contribution in [2.75, 3.05) is 18.6 Å². The van der Waals surface area contributed by atoms with Crippen molar-refractivity contribution in [3.63, 3.8) is 0 Å². The fraction of sp³-hybridized carbons (Fsp3) is 0.125. The van der Waals surface area contributed by atoms with Gasteiger partial charge in [0.2, 0.25) is 5.95 Å². The molecule has 0 amide bonds. The molecule has 2 aromatic carbocycles. The van der Waals surface area contributed by atoms with Gasteiger partial charge in [-0.05, 0) is 29.7 Å². The molecule has 0 saturated heterocycles. The van der Waals surface area contributed by atoms with Gasteiger partial charge < -0.3 is 16.2 Å². The molecule has 0 aliphatic carbocycles. The number of nitrogen functional groups attached to an aromatic ring is 2. The molecule has 0 aliphatic heterocycles. The number of fused-ring (bicyclic) bond motifs is 1. The normalized spacial score (nSPS) is 10.7. The van der Waals surface area contributed by atoms with Crippen molar-refractivity contribution in [3.05, 3.63) is 53.6 Å². The number of nitrogens with zero attached hydrogens (tertiary/aromatic N) is 2. The smallest absolute Gasteiger partial charge is 0.222 e. The Morgan fingerprint density at radius 3 is 2.48 bits per heavy atom. The largest absolute Gasteiger partial charge is 0.496 e. The number of aromatic nitrogens is 2. The zero-order valence-corrected chi connectivity index (χ0v) is 11.7. The van der Waals surface area contributed by atoms with Crippen molar-refractivity contribution >= 4 is 22.7 Å². The standard InChI is InChI=1S/C16H16N4O/c1-21-13-9-11(7-10-5-3-2-4-6-10)8-12-14(13)15(17)20-16(18)19-12/h2-6,8-9H,7H2,1H3,(H4,17,18,19,20). The minimum Gasteiger partial charge on any atom is -0.496 e. The number of benzene rings is 2. The van der Waals surface area contributed by atoms with E-state index in [2.05, 4.69) is 22.1 Å². The Morgan fingerprint density at radius 2 is 1.76 bits per heavy atom. The van der Waals surface area contributed by atoms with Crippen LogP contribution in [0.4, 0.5) is 11.8 Å². The van der Waals surface area contributed by atoms with Crippen LogP contribution in [0, 0.1) is 0 Å². The van der Waals surface area contributed by atoms with Crippen LogP contribution in [0.1, 0.15) is 11.1 Å². The van der Waals surface area contributed by atoms with Gasteiger partial charge in [-0.15, -0.1) is 0 Å². The first-order valence-corrected chi connectivity index (χ1v) is 6.61. The molecule has 3 aromatic rings. The average molecular weight is 280 g/mol. The minimum atomic E-state index is 0.166. The van der Waals surface area contributed by atoms with E-state index in [4.69, 9.17) is 16.2 Å². The molecule has 3 rings (SSSR count). The molecule has 0 spiro atoms. The molecular formula is C16H16N4O. The number of hydrogen-bond acceptors (Lipinski definition) is 5. The van der Waals surface area contributed by atoms with Crippen LogP contribution in [0.25, 0.3) is 10.9 Å². The van der Waals surface area contributed by atoms with Gasteiger partial charge >= 0.3 is 0 Å². The molecule has 21 heavy (non-hydrogen) atoms. The first kappa shape index (κ1) is 13.2. The lowest BCUT2D eigenvalue weighted by Gasteiger charge is -2.11. The molecule has 0 saturated carbocycles. The van der Waals surface area contributed by atoms with Crippen LogP contribution >= 0.6 is 0 Å². The van der Waals surface area contributed by atoms with Crippen molar-refractivity contribution in [1.82, 2.24) is 9.97 Å². The maximum atomic E-state index is 5.92. The van der Waals surface area contributed by atoms with E-state index in [1.807, 2.05) is 30.3 Å². The summed E-state index contributed by atoms with van der Waals surface area (Å²) in [6, 6.07) is 14.1. The predicted octanol–water partition coefficient (Wildman–Crippen LogP) is 2.39. The van der Waals surface area contributed by atoms with Crippen LogP contribution in [0.3, 0.4) is 0 Å². The van der Waals surface area contributed by atoms with Gasteiger partial charge in [0.25, 0.3) is 0 Å². The quantitative estimate of drug-likeness (QED) is 0.769. The molecule has 0 unspecified atom stereocenters. The second-order valence-electron chi connectivity index (χ2n) is 4.82. The van der Waals surface area contributed by atoms with Gasteiger partial charge in [0.05, 0.1) is 18.0 Å². The van der Waals surface area contributed by atoms with E-state index >= 15 is 0 Å². The summed E-state index contributed by atoms with van der Waals surface area (Å²) in [5.41, 5.74) is 14.6. The van der Waals surface area contributed by atoms with Crippen molar-refractivity contribution < 1.29 is 4.74 Å². The topological polar surface area (TPSA) is 87.0 Å². The first-order chi connectivity index (χ1) is 10.2. The van der Waals surface area contributed by atoms with E-state index in [-0.39, 0.29) is 5.95 Å². The Balaban J connectivity index is 2.13. The van der Waals surface area contributed by atoms with Gasteiger partial charge in [-0.25, -0.2) is 4.98 Å². The van der Waals surface area contributed by atoms with Gasteiger partial charge in [-0.3, -0.25) is 0 Å². The summed E-state index contributed by atoms with van der Waals surface area (Å²) < 4.78 is 5.43. The summed E-state index contributed by atoms with van der Waals surface area (Å²) in [7, 11) is 1.61. The Labute approximate surface area is 122 Å². The third-order valence-electron chi connectivity index (χ3n) is 3.34. The maximum absolute atomic E-state index is 5.92. The van der Waals surface area contributed by atoms with E-state index in [0.717, 1.165) is 12.0 Å². The van der Waals surface area contributed by atoms with E-state index in [9.17, 15) is 0 Å². The summed E-state index contributed by atoms with van der Waals surface area (Å²) in [5, 5.41) is 0.698. The number of ether oxygens (including phenoxy) is 1. The fourth-order valence-electron chi connectivity index (χ4n) is 2.42. The van der Waals surface area contributed by atoms with Crippen molar-refractivity contribution in [1.29, 1.82) is 0 Å². The van der Waals surface area contributed by atoms with Crippen LogP contribution < -0.4 is 16.2 Å². The number of methoxy groups -OCH3 is 1. The number of hydrogen-bond donors (Lipinski definition) is 2. The van der Waals surface area contributed by atoms with Gasteiger partial charge in [0.15, 0.2) is 0 Å². The molecule has 5 nitrogen and oxygen atoms in total. The van der Waals surface area contributed by atoms with Crippen LogP contribution in [-0.4, -0.2) is 17.1 Å². The molecule has 5 heteroatoms. The summed E-state index contributed by atoms with van der Waals surface area (Å²) in [4.78, 5) is 8.24. The molecule has 0 fully saturated rings. The van der Waals surface area contributed by atoms with Crippen LogP contribution in [0.15, 0.2) is 42.5 Å². The molecule has 0 bridgehead atoms. The van der Waals surface area contributed by atoms with Gasteiger partial charge in [0, 0.05) is 0 Å². The van der Waals surface area contributed by atoms with E-state index < -0.39 is 0 Å². The van der Waals surface area contributed by atoms with Crippen molar-refractivity contribution in [2.24, 2.45) is 0 Å². The monoisotopic (exact) mass is 280 g/mol. The highest BCUT2D eigenvalue weighted by Gasteiger charge is 2.11. The molecule has 0 radical (unpaired) electrons. The molecule has 4 N–H and O–H groups in total. The lowest BCUT2D eigenvalue weighted by Crippen LogP contribution is -2.02. The fourth-order valence-corrected chi connectivity index (χ4v) is 2.42. The van der Waals surface area contributed by atoms with Crippen LogP contribution in [0.2, 0.25) is 0 Å². The summed E-state index contributed by atoms with van der Waals surface area (Å²) >= 11 is 0. The second kappa shape index (κ2) is 5.28. The number of rotatable bonds is 3. The Bertz CT molecular complexity index is 787. The van der Waals surface area contributed by atoms with E-state index in [0.29, 0.717) is 22.5 Å². The third kappa shape index (κ3) is 2.58. The molecule has 0 aliphatic rings. The first-order valence-electron chi connectivity index (χ1n) is 6.61. The number of nitrogens with two attached hydrogens (primary N) is 2. The van der Waals surface area contributed by atoms with Crippen molar-refractivity contribution in [3.8, 4) is 5.75 Å². The maximum Gasteiger partial charge on any atom is 0.222 e.